The van der Waals surface area contributed by atoms with E-state index in [1.165, 1.54) is 11.0 Å². The minimum Gasteiger partial charge on any atom is -0.482 e. The van der Waals surface area contributed by atoms with Crippen molar-refractivity contribution in [1.29, 1.82) is 0 Å². The molecular formula is C35H42N4O8. The van der Waals surface area contributed by atoms with Crippen molar-refractivity contribution in [3.8, 4) is 5.75 Å². The van der Waals surface area contributed by atoms with Gasteiger partial charge in [0.05, 0.1) is 17.8 Å². The Labute approximate surface area is 275 Å². The Bertz CT molecular complexity index is 1580. The zero-order chi connectivity index (χ0) is 34.8. The van der Waals surface area contributed by atoms with Crippen LogP contribution in [0, 0.1) is 0 Å². The van der Waals surface area contributed by atoms with Crippen LogP contribution in [-0.2, 0) is 23.9 Å². The molecule has 0 unspecified atom stereocenters. The fourth-order valence-corrected chi connectivity index (χ4v) is 4.13. The number of para-hydroxylation sites is 3. The molecule has 0 aliphatic rings. The highest BCUT2D eigenvalue weighted by Crippen LogP contribution is 2.29. The van der Waals surface area contributed by atoms with Gasteiger partial charge in [0.15, 0.2) is 6.61 Å². The molecule has 2 N–H and O–H groups in total. The lowest BCUT2D eigenvalue weighted by Gasteiger charge is -2.27. The number of rotatable bonds is 11. The largest absolute Gasteiger partial charge is 0.482 e. The van der Waals surface area contributed by atoms with Crippen LogP contribution in [0.5, 0.6) is 5.75 Å². The first-order chi connectivity index (χ1) is 22.0. The van der Waals surface area contributed by atoms with E-state index in [4.69, 9.17) is 14.2 Å². The van der Waals surface area contributed by atoms with Gasteiger partial charge < -0.3 is 29.7 Å². The molecule has 0 saturated heterocycles. The maximum absolute atomic E-state index is 13.5. The summed E-state index contributed by atoms with van der Waals surface area (Å²) in [6.45, 7) is 9.00. The van der Waals surface area contributed by atoms with Gasteiger partial charge in [-0.2, -0.15) is 0 Å². The molecule has 47 heavy (non-hydrogen) atoms. The topological polar surface area (TPSA) is 144 Å². The lowest BCUT2D eigenvalue weighted by Crippen LogP contribution is -2.45. The first-order valence-corrected chi connectivity index (χ1v) is 15.0. The van der Waals surface area contributed by atoms with Crippen molar-refractivity contribution in [2.75, 3.05) is 41.9 Å². The number of amides is 4. The zero-order valence-electron chi connectivity index (χ0n) is 27.8. The highest BCUT2D eigenvalue weighted by Gasteiger charge is 2.26. The van der Waals surface area contributed by atoms with Crippen LogP contribution in [-0.4, -0.2) is 67.7 Å². The normalized spacial score (nSPS) is 11.1. The Morgan fingerprint density at radius 1 is 0.745 bits per heavy atom. The summed E-state index contributed by atoms with van der Waals surface area (Å²) in [4.78, 5) is 67.0. The van der Waals surface area contributed by atoms with Gasteiger partial charge in [-0.3, -0.25) is 19.3 Å². The van der Waals surface area contributed by atoms with E-state index in [1.807, 2.05) is 18.2 Å². The molecule has 0 bridgehead atoms. The Balaban J connectivity index is 1.74. The molecule has 0 saturated carbocycles. The monoisotopic (exact) mass is 646 g/mol. The summed E-state index contributed by atoms with van der Waals surface area (Å²) in [5, 5.41) is 5.07. The molecule has 0 atom stereocenters. The maximum atomic E-state index is 13.5. The summed E-state index contributed by atoms with van der Waals surface area (Å²) in [5.41, 5.74) is -0.0957. The Morgan fingerprint density at radius 3 is 2.04 bits per heavy atom. The first-order valence-electron chi connectivity index (χ1n) is 15.0. The summed E-state index contributed by atoms with van der Waals surface area (Å²) in [7, 11) is 1.62. The maximum Gasteiger partial charge on any atom is 0.338 e. The van der Waals surface area contributed by atoms with Gasteiger partial charge in [-0.25, -0.2) is 9.59 Å². The van der Waals surface area contributed by atoms with E-state index in [2.05, 4.69) is 10.6 Å². The SMILES string of the molecule is CN(C(=O)COc1ccccc1N(CC(=O)OC(C)(C)C)C(=O)CNC(=O)Nc1cccc(C(=O)OC(C)(C)C)c1)c1ccccc1. The van der Waals surface area contributed by atoms with Gasteiger partial charge in [0, 0.05) is 18.4 Å². The molecule has 0 heterocycles. The van der Waals surface area contributed by atoms with Crippen LogP contribution in [0.4, 0.5) is 21.9 Å². The molecule has 0 aliphatic heterocycles. The molecule has 12 nitrogen and oxygen atoms in total. The van der Waals surface area contributed by atoms with E-state index in [9.17, 15) is 24.0 Å². The van der Waals surface area contributed by atoms with E-state index in [0.717, 1.165) is 4.90 Å². The number of hydrogen-bond donors (Lipinski definition) is 2. The van der Waals surface area contributed by atoms with Gasteiger partial charge in [-0.05, 0) is 84.0 Å². The van der Waals surface area contributed by atoms with Crippen molar-refractivity contribution in [2.24, 2.45) is 0 Å². The number of carbonyl (C=O) groups is 5. The lowest BCUT2D eigenvalue weighted by atomic mass is 10.1. The number of anilines is 3. The van der Waals surface area contributed by atoms with Gasteiger partial charge >= 0.3 is 18.0 Å². The Hall–Kier alpha value is -5.39. The van der Waals surface area contributed by atoms with Gasteiger partial charge in [0.1, 0.15) is 23.5 Å². The van der Waals surface area contributed by atoms with Crippen molar-refractivity contribution in [2.45, 2.75) is 52.7 Å². The predicted molar refractivity (Wildman–Crippen MR) is 179 cm³/mol. The zero-order valence-corrected chi connectivity index (χ0v) is 27.8. The fourth-order valence-electron chi connectivity index (χ4n) is 4.13. The van der Waals surface area contributed by atoms with E-state index >= 15 is 0 Å². The first kappa shape index (κ1) is 36.1. The van der Waals surface area contributed by atoms with Crippen molar-refractivity contribution in [1.82, 2.24) is 5.32 Å². The number of nitrogens with one attached hydrogen (secondary N) is 2. The van der Waals surface area contributed by atoms with Gasteiger partial charge in [0.25, 0.3) is 5.91 Å². The molecule has 0 fully saturated rings. The van der Waals surface area contributed by atoms with E-state index in [0.29, 0.717) is 11.4 Å². The number of esters is 2. The second-order valence-corrected chi connectivity index (χ2v) is 12.5. The average molecular weight is 647 g/mol. The summed E-state index contributed by atoms with van der Waals surface area (Å²) in [6, 6.07) is 20.9. The molecule has 0 radical (unpaired) electrons. The molecule has 0 aromatic heterocycles. The van der Waals surface area contributed by atoms with Crippen LogP contribution in [0.25, 0.3) is 0 Å². The molecule has 12 heteroatoms. The third kappa shape index (κ3) is 11.8. The quantitative estimate of drug-likeness (QED) is 0.271. The third-order valence-corrected chi connectivity index (χ3v) is 6.19. The summed E-state index contributed by atoms with van der Waals surface area (Å²) < 4.78 is 16.7. The Kier molecular flexibility index (Phi) is 12.1. The molecule has 3 rings (SSSR count). The van der Waals surface area contributed by atoms with Crippen molar-refractivity contribution in [3.63, 3.8) is 0 Å². The number of benzene rings is 3. The molecule has 0 aliphatic carbocycles. The molecule has 0 spiro atoms. The number of nitrogens with zero attached hydrogens (tertiary/aromatic N) is 2. The van der Waals surface area contributed by atoms with Crippen LogP contribution in [0.3, 0.4) is 0 Å². The minimum atomic E-state index is -0.817. The number of urea groups is 1. The summed E-state index contributed by atoms with van der Waals surface area (Å²) in [5.74, 6) is -2.07. The van der Waals surface area contributed by atoms with Gasteiger partial charge in [0.2, 0.25) is 5.91 Å². The van der Waals surface area contributed by atoms with E-state index in [-0.39, 0.29) is 29.5 Å². The average Bonchev–Trinajstić information content (AvgIpc) is 3.00. The lowest BCUT2D eigenvalue weighted by molar-refractivity contribution is -0.153. The van der Waals surface area contributed by atoms with Crippen LogP contribution in [0.2, 0.25) is 0 Å². The van der Waals surface area contributed by atoms with Crippen molar-refractivity contribution in [3.05, 3.63) is 84.4 Å². The molecule has 3 aromatic rings. The van der Waals surface area contributed by atoms with Crippen LogP contribution >= 0.6 is 0 Å². The number of carbonyl (C=O) groups excluding carboxylic acids is 5. The second kappa shape index (κ2) is 15.7. The van der Waals surface area contributed by atoms with E-state index in [1.54, 1.807) is 103 Å². The van der Waals surface area contributed by atoms with Crippen molar-refractivity contribution >= 4 is 46.8 Å². The smallest absolute Gasteiger partial charge is 0.338 e. The third-order valence-electron chi connectivity index (χ3n) is 6.19. The highest BCUT2D eigenvalue weighted by atomic mass is 16.6. The number of likely N-dealkylation sites (N-methyl/N-ethyl adjacent to an activating group) is 1. The van der Waals surface area contributed by atoms with Crippen LogP contribution < -0.4 is 25.2 Å². The highest BCUT2D eigenvalue weighted by molar-refractivity contribution is 6.02. The number of hydrogen-bond acceptors (Lipinski definition) is 8. The van der Waals surface area contributed by atoms with E-state index < -0.39 is 48.2 Å². The molecule has 4 amide bonds. The summed E-state index contributed by atoms with van der Waals surface area (Å²) >= 11 is 0. The van der Waals surface area contributed by atoms with Gasteiger partial charge in [-0.1, -0.05) is 36.4 Å². The molecule has 250 valence electrons. The standard InChI is InChI=1S/C35H42N4O8/c1-34(2,3)46-31(42)22-39(27-18-11-12-19-28(27)45-23-30(41)38(7)26-16-9-8-10-17-26)29(40)21-36-33(44)37-25-15-13-14-24(20-25)32(43)47-35(4,5)6/h8-20H,21-23H2,1-7H3,(H2,36,37,44). The van der Waals surface area contributed by atoms with Gasteiger partial charge in [-0.15, -0.1) is 0 Å². The fraction of sp³-hybridized carbons (Fsp3) is 0.343. The summed E-state index contributed by atoms with van der Waals surface area (Å²) in [6.07, 6.45) is 0. The second-order valence-electron chi connectivity index (χ2n) is 12.5. The van der Waals surface area contributed by atoms with Crippen LogP contribution in [0.15, 0.2) is 78.9 Å². The number of ether oxygens (including phenoxy) is 3. The van der Waals surface area contributed by atoms with Crippen LogP contribution in [0.1, 0.15) is 51.9 Å². The Morgan fingerprint density at radius 2 is 1.38 bits per heavy atom. The minimum absolute atomic E-state index is 0.169. The van der Waals surface area contributed by atoms with Crippen molar-refractivity contribution < 1.29 is 38.2 Å². The predicted octanol–water partition coefficient (Wildman–Crippen LogP) is 5.18. The molecule has 3 aromatic carbocycles. The molecular weight excluding hydrogens is 604 g/mol.